The zero-order valence-electron chi connectivity index (χ0n) is 12.1. The number of pyridine rings is 1. The molecule has 0 saturated carbocycles. The standard InChI is InChI=1S/C18H17NO2/c1-11-9-13-5-3-4-6-14(13)17(12(11)2)16-10-19-8-7-15(16)18(20)21/h3-8,10-11H,9H2,1-2H3,(H,20,21). The lowest BCUT2D eigenvalue weighted by Crippen LogP contribution is -2.14. The van der Waals surface area contributed by atoms with Crippen LogP contribution in [0.5, 0.6) is 0 Å². The fourth-order valence-electron chi connectivity index (χ4n) is 3.02. The van der Waals surface area contributed by atoms with E-state index in [2.05, 4.69) is 31.0 Å². The maximum Gasteiger partial charge on any atom is 0.336 e. The van der Waals surface area contributed by atoms with Crippen LogP contribution >= 0.6 is 0 Å². The van der Waals surface area contributed by atoms with E-state index in [0.29, 0.717) is 17.0 Å². The van der Waals surface area contributed by atoms with Crippen molar-refractivity contribution in [1.82, 2.24) is 4.98 Å². The lowest BCUT2D eigenvalue weighted by Gasteiger charge is -2.27. The van der Waals surface area contributed by atoms with Gasteiger partial charge in [-0.15, -0.1) is 0 Å². The van der Waals surface area contributed by atoms with Gasteiger partial charge in [-0.1, -0.05) is 36.8 Å². The second-order valence-corrected chi connectivity index (χ2v) is 5.55. The Morgan fingerprint density at radius 3 is 2.76 bits per heavy atom. The molecule has 1 aliphatic rings. The number of benzene rings is 1. The predicted molar refractivity (Wildman–Crippen MR) is 82.2 cm³/mol. The summed E-state index contributed by atoms with van der Waals surface area (Å²) in [5.74, 6) is -0.514. The Bertz CT molecular complexity index is 746. The van der Waals surface area contributed by atoms with Gasteiger partial charge in [-0.2, -0.15) is 0 Å². The normalized spacial score (nSPS) is 17.5. The summed E-state index contributed by atoms with van der Waals surface area (Å²) in [6.07, 6.45) is 4.19. The third-order valence-corrected chi connectivity index (χ3v) is 4.27. The van der Waals surface area contributed by atoms with Gasteiger partial charge in [-0.3, -0.25) is 4.98 Å². The second kappa shape index (κ2) is 5.17. The number of nitrogens with zero attached hydrogens (tertiary/aromatic N) is 1. The molecule has 0 saturated heterocycles. The minimum Gasteiger partial charge on any atom is -0.478 e. The van der Waals surface area contributed by atoms with Gasteiger partial charge in [0, 0.05) is 18.0 Å². The number of carboxylic acid groups (broad SMARTS) is 1. The maximum absolute atomic E-state index is 11.5. The summed E-state index contributed by atoms with van der Waals surface area (Å²) in [4.78, 5) is 15.7. The predicted octanol–water partition coefficient (Wildman–Crippen LogP) is 3.79. The molecule has 1 aliphatic carbocycles. The molecule has 106 valence electrons. The molecule has 3 heteroatoms. The highest BCUT2D eigenvalue weighted by atomic mass is 16.4. The van der Waals surface area contributed by atoms with Crippen molar-refractivity contribution in [3.05, 3.63) is 70.6 Å². The summed E-state index contributed by atoms with van der Waals surface area (Å²) in [6.45, 7) is 4.27. The molecule has 21 heavy (non-hydrogen) atoms. The molecule has 3 rings (SSSR count). The van der Waals surface area contributed by atoms with E-state index in [1.807, 2.05) is 12.1 Å². The molecule has 0 aliphatic heterocycles. The minimum absolute atomic E-state index is 0.309. The summed E-state index contributed by atoms with van der Waals surface area (Å²) in [6, 6.07) is 9.79. The summed E-state index contributed by atoms with van der Waals surface area (Å²) in [5.41, 5.74) is 5.66. The van der Waals surface area contributed by atoms with Crippen molar-refractivity contribution >= 4 is 11.5 Å². The van der Waals surface area contributed by atoms with E-state index in [-0.39, 0.29) is 0 Å². The van der Waals surface area contributed by atoms with Crippen LogP contribution in [0.4, 0.5) is 0 Å². The number of aromatic nitrogens is 1. The smallest absolute Gasteiger partial charge is 0.336 e. The van der Waals surface area contributed by atoms with Crippen molar-refractivity contribution in [2.24, 2.45) is 5.92 Å². The fraction of sp³-hybridized carbons (Fsp3) is 0.222. The third-order valence-electron chi connectivity index (χ3n) is 4.27. The van der Waals surface area contributed by atoms with Crippen molar-refractivity contribution in [3.8, 4) is 0 Å². The van der Waals surface area contributed by atoms with Gasteiger partial charge in [-0.05, 0) is 42.0 Å². The van der Waals surface area contributed by atoms with Crippen molar-refractivity contribution < 1.29 is 9.90 Å². The molecule has 1 unspecified atom stereocenters. The van der Waals surface area contributed by atoms with E-state index in [4.69, 9.17) is 0 Å². The molecular formula is C18H17NO2. The van der Waals surface area contributed by atoms with Crippen LogP contribution in [0, 0.1) is 5.92 Å². The fourth-order valence-corrected chi connectivity index (χ4v) is 3.02. The van der Waals surface area contributed by atoms with E-state index < -0.39 is 5.97 Å². The number of carboxylic acids is 1. The van der Waals surface area contributed by atoms with Gasteiger partial charge < -0.3 is 5.11 Å². The molecular weight excluding hydrogens is 262 g/mol. The van der Waals surface area contributed by atoms with Crippen LogP contribution in [0.1, 0.15) is 40.9 Å². The van der Waals surface area contributed by atoms with Crippen LogP contribution in [0.25, 0.3) is 5.57 Å². The Morgan fingerprint density at radius 1 is 1.24 bits per heavy atom. The quantitative estimate of drug-likeness (QED) is 0.909. The van der Waals surface area contributed by atoms with Crippen LogP contribution in [0.3, 0.4) is 0 Å². The lowest BCUT2D eigenvalue weighted by molar-refractivity contribution is 0.0696. The van der Waals surface area contributed by atoms with E-state index in [1.54, 1.807) is 12.3 Å². The van der Waals surface area contributed by atoms with Gasteiger partial charge in [0.05, 0.1) is 5.56 Å². The first-order valence-electron chi connectivity index (χ1n) is 7.06. The first kappa shape index (κ1) is 13.6. The second-order valence-electron chi connectivity index (χ2n) is 5.55. The molecule has 0 amide bonds. The van der Waals surface area contributed by atoms with Gasteiger partial charge in [0.15, 0.2) is 0 Å². The molecule has 0 radical (unpaired) electrons. The van der Waals surface area contributed by atoms with Crippen molar-refractivity contribution in [2.45, 2.75) is 20.3 Å². The van der Waals surface area contributed by atoms with E-state index in [9.17, 15) is 9.90 Å². The van der Waals surface area contributed by atoms with Crippen LogP contribution in [-0.2, 0) is 6.42 Å². The molecule has 1 heterocycles. The lowest BCUT2D eigenvalue weighted by atomic mass is 9.77. The molecule has 1 aromatic carbocycles. The highest BCUT2D eigenvalue weighted by Gasteiger charge is 2.25. The Morgan fingerprint density at radius 2 is 2.00 bits per heavy atom. The maximum atomic E-state index is 11.5. The van der Waals surface area contributed by atoms with Gasteiger partial charge in [0.25, 0.3) is 0 Å². The van der Waals surface area contributed by atoms with Gasteiger partial charge in [0.1, 0.15) is 0 Å². The summed E-state index contributed by atoms with van der Waals surface area (Å²) in [7, 11) is 0. The van der Waals surface area contributed by atoms with Crippen LogP contribution in [0.2, 0.25) is 0 Å². The highest BCUT2D eigenvalue weighted by Crippen LogP contribution is 2.39. The van der Waals surface area contributed by atoms with Gasteiger partial charge in [-0.25, -0.2) is 4.79 Å². The Balaban J connectivity index is 2.30. The number of fused-ring (bicyclic) bond motifs is 1. The Labute approximate surface area is 124 Å². The molecule has 0 spiro atoms. The minimum atomic E-state index is -0.914. The SMILES string of the molecule is CC1=C(c2cnccc2C(=O)O)c2ccccc2CC1C. The largest absolute Gasteiger partial charge is 0.478 e. The Kier molecular flexibility index (Phi) is 3.34. The van der Waals surface area contributed by atoms with Gasteiger partial charge >= 0.3 is 5.97 Å². The van der Waals surface area contributed by atoms with E-state index >= 15 is 0 Å². The number of hydrogen-bond acceptors (Lipinski definition) is 2. The average molecular weight is 279 g/mol. The Hall–Kier alpha value is -2.42. The number of aromatic carboxylic acids is 1. The van der Waals surface area contributed by atoms with Crippen molar-refractivity contribution in [1.29, 1.82) is 0 Å². The highest BCUT2D eigenvalue weighted by molar-refractivity contribution is 5.98. The molecule has 1 N–H and O–H groups in total. The van der Waals surface area contributed by atoms with E-state index in [1.165, 1.54) is 17.3 Å². The molecule has 2 aromatic rings. The number of allylic oxidation sites excluding steroid dienone is 1. The first-order valence-corrected chi connectivity index (χ1v) is 7.06. The zero-order chi connectivity index (χ0) is 15.0. The van der Waals surface area contributed by atoms with Gasteiger partial charge in [0.2, 0.25) is 0 Å². The van der Waals surface area contributed by atoms with Crippen molar-refractivity contribution in [2.75, 3.05) is 0 Å². The third kappa shape index (κ3) is 2.25. The van der Waals surface area contributed by atoms with Crippen LogP contribution in [-0.4, -0.2) is 16.1 Å². The van der Waals surface area contributed by atoms with Crippen molar-refractivity contribution in [3.63, 3.8) is 0 Å². The average Bonchev–Trinajstić information content (AvgIpc) is 2.48. The topological polar surface area (TPSA) is 50.2 Å². The summed E-state index contributed by atoms with van der Waals surface area (Å²) < 4.78 is 0. The molecule has 0 bridgehead atoms. The van der Waals surface area contributed by atoms with Crippen LogP contribution < -0.4 is 0 Å². The summed E-state index contributed by atoms with van der Waals surface area (Å²) in [5, 5.41) is 9.45. The number of rotatable bonds is 2. The van der Waals surface area contributed by atoms with E-state index in [0.717, 1.165) is 17.6 Å². The number of hydrogen-bond donors (Lipinski definition) is 1. The molecule has 1 aromatic heterocycles. The first-order chi connectivity index (χ1) is 10.1. The zero-order valence-corrected chi connectivity index (χ0v) is 12.1. The molecule has 0 fully saturated rings. The van der Waals surface area contributed by atoms with Crippen LogP contribution in [0.15, 0.2) is 48.3 Å². The molecule has 1 atom stereocenters. The number of carbonyl (C=O) groups is 1. The molecule has 3 nitrogen and oxygen atoms in total. The summed E-state index contributed by atoms with van der Waals surface area (Å²) >= 11 is 0. The monoisotopic (exact) mass is 279 g/mol.